The summed E-state index contributed by atoms with van der Waals surface area (Å²) in [6.45, 7) is 0. The Morgan fingerprint density at radius 1 is 1.42 bits per heavy atom. The van der Waals surface area contributed by atoms with Crippen molar-refractivity contribution in [3.8, 4) is 5.75 Å². The van der Waals surface area contributed by atoms with Crippen molar-refractivity contribution in [3.63, 3.8) is 0 Å². The highest BCUT2D eigenvalue weighted by Gasteiger charge is 2.39. The molecular weight excluding hydrogens is 173 g/mol. The minimum Gasteiger partial charge on any atom is -0.506 e. The van der Waals surface area contributed by atoms with Crippen LogP contribution in [-0.2, 0) is 0 Å². The van der Waals surface area contributed by atoms with E-state index in [-0.39, 0.29) is 5.56 Å². The Labute approximate surface area is 66.0 Å². The first-order valence-electron chi connectivity index (χ1n) is 3.11. The molecule has 1 unspecified atom stereocenters. The quantitative estimate of drug-likeness (QED) is 0.609. The van der Waals surface area contributed by atoms with E-state index in [9.17, 15) is 13.2 Å². The number of nitrogens with one attached hydrogen (secondary N) is 1. The molecule has 68 valence electrons. The maximum atomic E-state index is 11.9. The van der Waals surface area contributed by atoms with Gasteiger partial charge in [-0.3, -0.25) is 0 Å². The van der Waals surface area contributed by atoms with Crippen LogP contribution in [0.4, 0.5) is 13.2 Å². The molecule has 0 radical (unpaired) electrons. The molecule has 0 aliphatic carbocycles. The van der Waals surface area contributed by atoms with Crippen LogP contribution in [0, 0.1) is 0 Å². The molecule has 12 heavy (non-hydrogen) atoms. The van der Waals surface area contributed by atoms with E-state index < -0.39 is 18.0 Å². The maximum Gasteiger partial charge on any atom is 0.407 e. The molecule has 0 saturated heterocycles. The summed E-state index contributed by atoms with van der Waals surface area (Å²) in [5.41, 5.74) is 4.47. The summed E-state index contributed by atoms with van der Waals surface area (Å²) in [7, 11) is 0. The lowest BCUT2D eigenvalue weighted by molar-refractivity contribution is -0.149. The molecule has 0 aliphatic rings. The Morgan fingerprint density at radius 3 is 2.33 bits per heavy atom. The van der Waals surface area contributed by atoms with Crippen molar-refractivity contribution in [2.45, 2.75) is 12.2 Å². The first kappa shape index (κ1) is 8.92. The van der Waals surface area contributed by atoms with Crippen LogP contribution in [0.25, 0.3) is 0 Å². The smallest absolute Gasteiger partial charge is 0.407 e. The predicted molar refractivity (Wildman–Crippen MR) is 35.4 cm³/mol. The Kier molecular flexibility index (Phi) is 2.01. The van der Waals surface area contributed by atoms with Crippen molar-refractivity contribution in [3.05, 3.63) is 18.0 Å². The second kappa shape index (κ2) is 2.71. The summed E-state index contributed by atoms with van der Waals surface area (Å²) in [6, 6.07) is -2.14. The lowest BCUT2D eigenvalue weighted by Gasteiger charge is -2.14. The molecule has 0 spiro atoms. The summed E-state index contributed by atoms with van der Waals surface area (Å²) in [4.78, 5) is 2.32. The van der Waals surface area contributed by atoms with Crippen molar-refractivity contribution < 1.29 is 18.3 Å². The molecule has 0 saturated carbocycles. The number of hydrogen-bond donors (Lipinski definition) is 3. The number of aromatic hydroxyl groups is 1. The van der Waals surface area contributed by atoms with Crippen LogP contribution in [0.1, 0.15) is 11.6 Å². The highest BCUT2D eigenvalue weighted by Crippen LogP contribution is 2.34. The molecule has 0 aromatic carbocycles. The number of nitrogens with two attached hydrogens (primary N) is 1. The van der Waals surface area contributed by atoms with E-state index in [1.54, 1.807) is 0 Å². The van der Waals surface area contributed by atoms with E-state index in [0.29, 0.717) is 0 Å². The molecule has 0 amide bonds. The molecule has 6 heteroatoms. The van der Waals surface area contributed by atoms with E-state index >= 15 is 0 Å². The Balaban J connectivity index is 2.92. The average Bonchev–Trinajstić information content (AvgIpc) is 2.31. The zero-order chi connectivity index (χ0) is 9.35. The van der Waals surface area contributed by atoms with Gasteiger partial charge in [-0.25, -0.2) is 0 Å². The van der Waals surface area contributed by atoms with Crippen LogP contribution in [0.3, 0.4) is 0 Å². The molecule has 1 heterocycles. The van der Waals surface area contributed by atoms with Gasteiger partial charge in [-0.2, -0.15) is 13.2 Å². The number of aromatic nitrogens is 1. The largest absolute Gasteiger partial charge is 0.506 e. The third-order valence-electron chi connectivity index (χ3n) is 1.44. The molecule has 0 bridgehead atoms. The predicted octanol–water partition coefficient (Wildman–Crippen LogP) is 1.28. The molecule has 1 rings (SSSR count). The van der Waals surface area contributed by atoms with E-state index in [2.05, 4.69) is 4.98 Å². The van der Waals surface area contributed by atoms with Gasteiger partial charge in [0.2, 0.25) is 0 Å². The van der Waals surface area contributed by atoms with Gasteiger partial charge in [-0.05, 0) is 0 Å². The van der Waals surface area contributed by atoms with Gasteiger partial charge in [0.1, 0.15) is 11.8 Å². The van der Waals surface area contributed by atoms with E-state index in [4.69, 9.17) is 10.8 Å². The number of H-pyrrole nitrogens is 1. The molecule has 0 fully saturated rings. The molecular formula is C6H7F3N2O. The standard InChI is InChI=1S/C6H7F3N2O/c7-6(8,9)5(10)3-1-11-2-4(3)12/h1-2,5,11-12H,10H2. The van der Waals surface area contributed by atoms with Crippen LogP contribution in [0.5, 0.6) is 5.75 Å². The normalized spacial score (nSPS) is 14.7. The van der Waals surface area contributed by atoms with Gasteiger partial charge in [0, 0.05) is 18.0 Å². The summed E-state index contributed by atoms with van der Waals surface area (Å²) < 4.78 is 35.8. The molecule has 4 N–H and O–H groups in total. The van der Waals surface area contributed by atoms with Gasteiger partial charge in [0.05, 0.1) is 0 Å². The first-order chi connectivity index (χ1) is 5.43. The monoisotopic (exact) mass is 180 g/mol. The van der Waals surface area contributed by atoms with Crippen molar-refractivity contribution in [1.82, 2.24) is 4.98 Å². The van der Waals surface area contributed by atoms with E-state index in [1.165, 1.54) is 0 Å². The fourth-order valence-corrected chi connectivity index (χ4v) is 0.793. The van der Waals surface area contributed by atoms with Gasteiger partial charge < -0.3 is 15.8 Å². The van der Waals surface area contributed by atoms with Gasteiger partial charge >= 0.3 is 6.18 Å². The number of halogens is 3. The number of hydrogen-bond acceptors (Lipinski definition) is 2. The summed E-state index contributed by atoms with van der Waals surface area (Å²) >= 11 is 0. The van der Waals surface area contributed by atoms with Crippen LogP contribution >= 0.6 is 0 Å². The van der Waals surface area contributed by atoms with E-state index in [0.717, 1.165) is 12.4 Å². The minimum absolute atomic E-state index is 0.345. The van der Waals surface area contributed by atoms with E-state index in [1.807, 2.05) is 0 Å². The topological polar surface area (TPSA) is 62.0 Å². The molecule has 1 aromatic heterocycles. The van der Waals surface area contributed by atoms with Crippen LogP contribution in [0.2, 0.25) is 0 Å². The molecule has 0 aliphatic heterocycles. The third kappa shape index (κ3) is 1.53. The fourth-order valence-electron chi connectivity index (χ4n) is 0.793. The molecule has 1 aromatic rings. The fraction of sp³-hybridized carbons (Fsp3) is 0.333. The summed E-state index contributed by atoms with van der Waals surface area (Å²) in [6.07, 6.45) is -2.46. The van der Waals surface area contributed by atoms with Gasteiger partial charge in [0.25, 0.3) is 0 Å². The summed E-state index contributed by atoms with van der Waals surface area (Å²) in [5, 5.41) is 8.87. The summed E-state index contributed by atoms with van der Waals surface area (Å²) in [5.74, 6) is -0.472. The SMILES string of the molecule is NC(c1c[nH]cc1O)C(F)(F)F. The van der Waals surface area contributed by atoms with Crippen molar-refractivity contribution in [1.29, 1.82) is 0 Å². The van der Waals surface area contributed by atoms with Crippen molar-refractivity contribution in [2.24, 2.45) is 5.73 Å². The first-order valence-corrected chi connectivity index (χ1v) is 3.11. The second-order valence-electron chi connectivity index (χ2n) is 2.32. The number of rotatable bonds is 1. The minimum atomic E-state index is -4.53. The van der Waals surface area contributed by atoms with Crippen LogP contribution < -0.4 is 5.73 Å². The zero-order valence-corrected chi connectivity index (χ0v) is 5.89. The number of alkyl halides is 3. The van der Waals surface area contributed by atoms with Crippen molar-refractivity contribution in [2.75, 3.05) is 0 Å². The number of aromatic amines is 1. The van der Waals surface area contributed by atoms with Crippen molar-refractivity contribution >= 4 is 0 Å². The Hall–Kier alpha value is -1.17. The average molecular weight is 180 g/mol. The Bertz CT molecular complexity index is 268. The van der Waals surface area contributed by atoms with Gasteiger partial charge in [0.15, 0.2) is 0 Å². The third-order valence-corrected chi connectivity index (χ3v) is 1.44. The Morgan fingerprint density at radius 2 is 2.00 bits per heavy atom. The highest BCUT2D eigenvalue weighted by atomic mass is 19.4. The molecule has 3 nitrogen and oxygen atoms in total. The zero-order valence-electron chi connectivity index (χ0n) is 5.89. The maximum absolute atomic E-state index is 11.9. The van der Waals surface area contributed by atoms with Gasteiger partial charge in [-0.15, -0.1) is 0 Å². The highest BCUT2D eigenvalue weighted by molar-refractivity contribution is 5.32. The lowest BCUT2D eigenvalue weighted by atomic mass is 10.1. The van der Waals surface area contributed by atoms with Crippen LogP contribution in [-0.4, -0.2) is 16.3 Å². The second-order valence-corrected chi connectivity index (χ2v) is 2.32. The van der Waals surface area contributed by atoms with Crippen LogP contribution in [0.15, 0.2) is 12.4 Å². The lowest BCUT2D eigenvalue weighted by Crippen LogP contribution is -2.28. The molecule has 1 atom stereocenters. The van der Waals surface area contributed by atoms with Gasteiger partial charge in [-0.1, -0.05) is 0 Å².